The minimum absolute atomic E-state index is 0.178. The van der Waals surface area contributed by atoms with Gasteiger partial charge in [-0.3, -0.25) is 4.79 Å². The minimum Gasteiger partial charge on any atom is -0.348 e. The molecule has 1 aromatic carbocycles. The number of carbonyl (C=O) groups excluding carboxylic acids is 1. The highest BCUT2D eigenvalue weighted by Gasteiger charge is 2.21. The number of rotatable bonds is 4. The molecule has 0 spiro atoms. The van der Waals surface area contributed by atoms with E-state index in [-0.39, 0.29) is 11.8 Å². The van der Waals surface area contributed by atoms with Gasteiger partial charge in [0.2, 0.25) is 5.91 Å². The number of carbonyl (C=O) groups is 1. The second kappa shape index (κ2) is 7.56. The van der Waals surface area contributed by atoms with Crippen LogP contribution in [0.1, 0.15) is 44.9 Å². The van der Waals surface area contributed by atoms with Crippen molar-refractivity contribution in [3.8, 4) is 11.3 Å². The monoisotopic (exact) mass is 355 g/mol. The van der Waals surface area contributed by atoms with Gasteiger partial charge < -0.3 is 10.2 Å². The summed E-state index contributed by atoms with van der Waals surface area (Å²) in [7, 11) is 0. The van der Waals surface area contributed by atoms with Crippen LogP contribution in [0.2, 0.25) is 0 Å². The maximum Gasteiger partial charge on any atom is 0.227 e. The normalized spacial score (nSPS) is 18.5. The third-order valence-electron chi connectivity index (χ3n) is 5.29. The van der Waals surface area contributed by atoms with Gasteiger partial charge in [0.25, 0.3) is 0 Å². The topological polar surface area (TPSA) is 45.2 Å². The van der Waals surface area contributed by atoms with E-state index in [1.807, 2.05) is 12.1 Å². The molecule has 5 heteroatoms. The van der Waals surface area contributed by atoms with Crippen LogP contribution in [-0.2, 0) is 4.79 Å². The van der Waals surface area contributed by atoms with Gasteiger partial charge in [-0.2, -0.15) is 0 Å². The molecule has 0 bridgehead atoms. The Balaban J connectivity index is 1.40. The molecule has 1 amide bonds. The van der Waals surface area contributed by atoms with Crippen LogP contribution >= 0.6 is 11.3 Å². The molecule has 4 nitrogen and oxygen atoms in total. The first-order valence-corrected chi connectivity index (χ1v) is 10.3. The summed E-state index contributed by atoms with van der Waals surface area (Å²) in [6.45, 7) is 2.25. The zero-order valence-corrected chi connectivity index (χ0v) is 15.4. The molecule has 2 aliphatic rings. The Bertz CT molecular complexity index is 713. The van der Waals surface area contributed by atoms with Gasteiger partial charge in [0.15, 0.2) is 5.13 Å². The van der Waals surface area contributed by atoms with E-state index in [2.05, 4.69) is 27.7 Å². The number of thiazole rings is 1. The van der Waals surface area contributed by atoms with Gasteiger partial charge in [0.1, 0.15) is 0 Å². The van der Waals surface area contributed by atoms with Crippen molar-refractivity contribution in [1.29, 1.82) is 0 Å². The van der Waals surface area contributed by atoms with Crippen molar-refractivity contribution in [2.75, 3.05) is 23.3 Å². The standard InChI is InChI=1S/C20H25N3OS/c24-19(16-6-2-1-3-7-16)21-17-10-8-15(9-11-17)18-14-25-20(22-18)23-12-4-5-13-23/h8-11,14,16H,1-7,12-13H2,(H,21,24). The molecule has 1 aliphatic carbocycles. The molecule has 4 rings (SSSR count). The number of anilines is 2. The molecular weight excluding hydrogens is 330 g/mol. The molecule has 2 heterocycles. The van der Waals surface area contributed by atoms with Gasteiger partial charge in [-0.05, 0) is 37.8 Å². The van der Waals surface area contributed by atoms with Gasteiger partial charge in [-0.25, -0.2) is 4.98 Å². The van der Waals surface area contributed by atoms with Crippen molar-refractivity contribution in [3.63, 3.8) is 0 Å². The lowest BCUT2D eigenvalue weighted by Crippen LogP contribution is -2.24. The zero-order chi connectivity index (χ0) is 17.1. The van der Waals surface area contributed by atoms with Crippen molar-refractivity contribution in [2.45, 2.75) is 44.9 Å². The maximum atomic E-state index is 12.3. The van der Waals surface area contributed by atoms with Gasteiger partial charge in [-0.1, -0.05) is 31.4 Å². The first kappa shape index (κ1) is 16.6. The predicted octanol–water partition coefficient (Wildman–Crippen LogP) is 4.93. The minimum atomic E-state index is 0.178. The average molecular weight is 356 g/mol. The summed E-state index contributed by atoms with van der Waals surface area (Å²) in [6, 6.07) is 8.09. The molecule has 132 valence electrons. The first-order chi connectivity index (χ1) is 12.3. The van der Waals surface area contributed by atoms with E-state index in [1.165, 1.54) is 32.1 Å². The molecule has 0 unspecified atom stereocenters. The van der Waals surface area contributed by atoms with Crippen LogP contribution in [0, 0.1) is 5.92 Å². The number of nitrogens with zero attached hydrogens (tertiary/aromatic N) is 2. The highest BCUT2D eigenvalue weighted by molar-refractivity contribution is 7.14. The van der Waals surface area contributed by atoms with E-state index in [1.54, 1.807) is 11.3 Å². The Labute approximate surface area is 153 Å². The summed E-state index contributed by atoms with van der Waals surface area (Å²) in [4.78, 5) is 19.5. The summed E-state index contributed by atoms with van der Waals surface area (Å²) in [6.07, 6.45) is 8.23. The van der Waals surface area contributed by atoms with E-state index in [0.717, 1.165) is 48.0 Å². The van der Waals surface area contributed by atoms with E-state index in [0.29, 0.717) is 0 Å². The van der Waals surface area contributed by atoms with Crippen LogP contribution in [0.15, 0.2) is 29.6 Å². The molecule has 0 atom stereocenters. The largest absolute Gasteiger partial charge is 0.348 e. The maximum absolute atomic E-state index is 12.3. The lowest BCUT2D eigenvalue weighted by atomic mass is 9.88. The van der Waals surface area contributed by atoms with Crippen LogP contribution in [-0.4, -0.2) is 24.0 Å². The Morgan fingerprint density at radius 2 is 1.76 bits per heavy atom. The Hall–Kier alpha value is -1.88. The predicted molar refractivity (Wildman–Crippen MR) is 104 cm³/mol. The number of amides is 1. The molecule has 1 aliphatic heterocycles. The molecule has 0 radical (unpaired) electrons. The van der Waals surface area contributed by atoms with E-state index in [4.69, 9.17) is 4.98 Å². The van der Waals surface area contributed by atoms with E-state index >= 15 is 0 Å². The number of nitrogens with one attached hydrogen (secondary N) is 1. The van der Waals surface area contributed by atoms with Gasteiger partial charge in [0, 0.05) is 35.6 Å². The molecule has 1 aromatic heterocycles. The van der Waals surface area contributed by atoms with Gasteiger partial charge in [0.05, 0.1) is 5.69 Å². The summed E-state index contributed by atoms with van der Waals surface area (Å²) >= 11 is 1.72. The second-order valence-electron chi connectivity index (χ2n) is 7.11. The van der Waals surface area contributed by atoms with Crippen molar-refractivity contribution in [1.82, 2.24) is 4.98 Å². The molecule has 2 fully saturated rings. The fourth-order valence-corrected chi connectivity index (χ4v) is 4.67. The summed E-state index contributed by atoms with van der Waals surface area (Å²) in [5, 5.41) is 6.33. The lowest BCUT2D eigenvalue weighted by molar-refractivity contribution is -0.120. The molecule has 25 heavy (non-hydrogen) atoms. The smallest absolute Gasteiger partial charge is 0.227 e. The van der Waals surface area contributed by atoms with Crippen LogP contribution in [0.4, 0.5) is 10.8 Å². The van der Waals surface area contributed by atoms with Crippen molar-refractivity contribution < 1.29 is 4.79 Å². The number of aromatic nitrogens is 1. The van der Waals surface area contributed by atoms with Crippen LogP contribution in [0.25, 0.3) is 11.3 Å². The summed E-state index contributed by atoms with van der Waals surface area (Å²) < 4.78 is 0. The molecule has 1 saturated heterocycles. The summed E-state index contributed by atoms with van der Waals surface area (Å²) in [5.74, 6) is 0.368. The fraction of sp³-hybridized carbons (Fsp3) is 0.500. The third kappa shape index (κ3) is 3.87. The number of benzene rings is 1. The molecule has 2 aromatic rings. The van der Waals surface area contributed by atoms with Crippen LogP contribution in [0.3, 0.4) is 0 Å². The third-order valence-corrected chi connectivity index (χ3v) is 6.19. The highest BCUT2D eigenvalue weighted by atomic mass is 32.1. The van der Waals surface area contributed by atoms with Gasteiger partial charge in [-0.15, -0.1) is 11.3 Å². The van der Waals surface area contributed by atoms with Crippen LogP contribution < -0.4 is 10.2 Å². The highest BCUT2D eigenvalue weighted by Crippen LogP contribution is 2.30. The van der Waals surface area contributed by atoms with Gasteiger partial charge >= 0.3 is 0 Å². The van der Waals surface area contributed by atoms with Crippen molar-refractivity contribution in [2.24, 2.45) is 5.92 Å². The Morgan fingerprint density at radius 3 is 2.48 bits per heavy atom. The van der Waals surface area contributed by atoms with E-state index in [9.17, 15) is 4.79 Å². The fourth-order valence-electron chi connectivity index (χ4n) is 3.78. The number of hydrogen-bond donors (Lipinski definition) is 1. The molecule has 1 N–H and O–H groups in total. The number of hydrogen-bond acceptors (Lipinski definition) is 4. The zero-order valence-electron chi connectivity index (χ0n) is 14.5. The molecular formula is C20H25N3OS. The summed E-state index contributed by atoms with van der Waals surface area (Å²) in [5.41, 5.74) is 3.02. The Morgan fingerprint density at radius 1 is 1.04 bits per heavy atom. The van der Waals surface area contributed by atoms with E-state index < -0.39 is 0 Å². The molecule has 1 saturated carbocycles. The average Bonchev–Trinajstić information content (AvgIpc) is 3.35. The van der Waals surface area contributed by atoms with Crippen LogP contribution in [0.5, 0.6) is 0 Å². The van der Waals surface area contributed by atoms with Crippen molar-refractivity contribution in [3.05, 3.63) is 29.6 Å². The van der Waals surface area contributed by atoms with Crippen molar-refractivity contribution >= 4 is 28.1 Å². The quantitative estimate of drug-likeness (QED) is 0.846. The SMILES string of the molecule is O=C(Nc1ccc(-c2csc(N3CCCC3)n2)cc1)C1CCCCC1. The first-order valence-electron chi connectivity index (χ1n) is 9.41. The lowest BCUT2D eigenvalue weighted by Gasteiger charge is -2.20. The second-order valence-corrected chi connectivity index (χ2v) is 7.95. The Kier molecular flexibility index (Phi) is 5.02.